The number of carbonyl (C=O) groups excluding carboxylic acids is 1. The van der Waals surface area contributed by atoms with Crippen molar-refractivity contribution in [2.24, 2.45) is 16.7 Å². The van der Waals surface area contributed by atoms with Gasteiger partial charge in [-0.05, 0) is 18.3 Å². The van der Waals surface area contributed by atoms with Gasteiger partial charge in [-0.3, -0.25) is 4.79 Å². The van der Waals surface area contributed by atoms with E-state index in [-0.39, 0.29) is 23.7 Å². The summed E-state index contributed by atoms with van der Waals surface area (Å²) in [6.45, 7) is 11.6. The lowest BCUT2D eigenvalue weighted by Gasteiger charge is -2.28. The van der Waals surface area contributed by atoms with E-state index in [0.29, 0.717) is 6.42 Å². The molecule has 0 amide bonds. The summed E-state index contributed by atoms with van der Waals surface area (Å²) < 4.78 is 0. The predicted molar refractivity (Wildman–Crippen MR) is 69.7 cm³/mol. The van der Waals surface area contributed by atoms with Crippen LogP contribution in [0, 0.1) is 16.7 Å². The van der Waals surface area contributed by atoms with E-state index in [2.05, 4.69) is 20.8 Å². The number of hydrogen-bond donors (Lipinski definition) is 2. The summed E-state index contributed by atoms with van der Waals surface area (Å²) in [5.74, 6) is -0.536. The molecule has 0 aliphatic heterocycles. The molecule has 0 aliphatic carbocycles. The molecule has 0 aromatic carbocycles. The molecule has 0 aromatic heterocycles. The Morgan fingerprint density at radius 2 is 1.59 bits per heavy atom. The van der Waals surface area contributed by atoms with Crippen molar-refractivity contribution in [3.63, 3.8) is 0 Å². The van der Waals surface area contributed by atoms with Gasteiger partial charge in [-0.15, -0.1) is 0 Å². The first-order valence-electron chi connectivity index (χ1n) is 6.32. The van der Waals surface area contributed by atoms with Crippen LogP contribution >= 0.6 is 0 Å². The zero-order chi connectivity index (χ0) is 13.9. The minimum atomic E-state index is -1.05. The molecule has 2 atom stereocenters. The lowest BCUT2D eigenvalue weighted by atomic mass is 9.79. The van der Waals surface area contributed by atoms with E-state index in [1.807, 2.05) is 0 Å². The van der Waals surface area contributed by atoms with Crippen LogP contribution in [0.25, 0.3) is 0 Å². The molecule has 0 heterocycles. The van der Waals surface area contributed by atoms with Crippen molar-refractivity contribution in [2.75, 3.05) is 6.61 Å². The first kappa shape index (κ1) is 16.6. The number of rotatable bonds is 5. The van der Waals surface area contributed by atoms with Gasteiger partial charge in [0.15, 0.2) is 5.78 Å². The Morgan fingerprint density at radius 3 is 1.88 bits per heavy atom. The molecule has 3 nitrogen and oxygen atoms in total. The maximum atomic E-state index is 11.9. The van der Waals surface area contributed by atoms with Crippen LogP contribution in [0.3, 0.4) is 0 Å². The second kappa shape index (κ2) is 5.96. The number of ketones is 1. The molecule has 0 aliphatic rings. The van der Waals surface area contributed by atoms with Gasteiger partial charge >= 0.3 is 0 Å². The van der Waals surface area contributed by atoms with E-state index < -0.39 is 11.5 Å². The highest BCUT2D eigenvalue weighted by molar-refractivity contribution is 5.87. The van der Waals surface area contributed by atoms with Gasteiger partial charge in [0.1, 0.15) is 6.10 Å². The van der Waals surface area contributed by atoms with Gasteiger partial charge in [-0.2, -0.15) is 0 Å². The van der Waals surface area contributed by atoms with Crippen molar-refractivity contribution in [3.05, 3.63) is 0 Å². The Kier molecular flexibility index (Phi) is 5.82. The Morgan fingerprint density at radius 1 is 1.12 bits per heavy atom. The number of aliphatic hydroxyl groups is 2. The highest BCUT2D eigenvalue weighted by Crippen LogP contribution is 2.27. The molecule has 0 unspecified atom stereocenters. The molecular weight excluding hydrogens is 216 g/mol. The SMILES string of the molecule is CC(C)(C)CC[C@@H](CO)[C@H](O)C(=O)C(C)(C)C. The van der Waals surface area contributed by atoms with Crippen molar-refractivity contribution >= 4 is 5.78 Å². The van der Waals surface area contributed by atoms with Gasteiger partial charge in [-0.1, -0.05) is 41.5 Å². The number of carbonyl (C=O) groups is 1. The van der Waals surface area contributed by atoms with Crippen molar-refractivity contribution in [3.8, 4) is 0 Å². The monoisotopic (exact) mass is 244 g/mol. The van der Waals surface area contributed by atoms with Gasteiger partial charge in [0.2, 0.25) is 0 Å². The minimum Gasteiger partial charge on any atom is -0.396 e. The van der Waals surface area contributed by atoms with Gasteiger partial charge in [0.25, 0.3) is 0 Å². The molecule has 0 spiro atoms. The summed E-state index contributed by atoms with van der Waals surface area (Å²) in [5.41, 5.74) is -0.410. The Hall–Kier alpha value is -0.410. The standard InChI is InChI=1S/C14H28O3/c1-13(2,3)8-7-10(9-15)11(16)12(17)14(4,5)6/h10-11,15-16H,7-9H2,1-6H3/t10-,11-/m0/s1. The maximum absolute atomic E-state index is 11.9. The minimum absolute atomic E-state index is 0.140. The smallest absolute Gasteiger partial charge is 0.166 e. The molecule has 0 aromatic rings. The molecule has 0 bridgehead atoms. The van der Waals surface area contributed by atoms with E-state index in [4.69, 9.17) is 0 Å². The van der Waals surface area contributed by atoms with Crippen molar-refractivity contribution in [2.45, 2.75) is 60.5 Å². The average Bonchev–Trinajstić information content (AvgIpc) is 2.14. The molecular formula is C14H28O3. The molecule has 0 saturated heterocycles. The molecule has 0 saturated carbocycles. The average molecular weight is 244 g/mol. The molecule has 3 heteroatoms. The van der Waals surface area contributed by atoms with Gasteiger partial charge in [0, 0.05) is 17.9 Å². The molecule has 17 heavy (non-hydrogen) atoms. The fourth-order valence-electron chi connectivity index (χ4n) is 1.63. The van der Waals surface area contributed by atoms with Crippen LogP contribution in [0.1, 0.15) is 54.4 Å². The Labute approximate surface area is 105 Å². The summed E-state index contributed by atoms with van der Waals surface area (Å²) in [5, 5.41) is 19.3. The zero-order valence-corrected chi connectivity index (χ0v) is 12.1. The number of Topliss-reactive ketones (excluding diaryl/α,β-unsaturated/α-hetero) is 1. The molecule has 0 fully saturated rings. The van der Waals surface area contributed by atoms with Crippen LogP contribution in [0.4, 0.5) is 0 Å². The van der Waals surface area contributed by atoms with Crippen LogP contribution < -0.4 is 0 Å². The van der Waals surface area contributed by atoms with Crippen LogP contribution in [-0.4, -0.2) is 28.7 Å². The van der Waals surface area contributed by atoms with Crippen LogP contribution in [0.2, 0.25) is 0 Å². The third-order valence-corrected chi connectivity index (χ3v) is 2.95. The first-order valence-corrected chi connectivity index (χ1v) is 6.32. The fourth-order valence-corrected chi connectivity index (χ4v) is 1.63. The summed E-state index contributed by atoms with van der Waals surface area (Å²) >= 11 is 0. The number of aliphatic hydroxyl groups excluding tert-OH is 2. The zero-order valence-electron chi connectivity index (χ0n) is 12.1. The van der Waals surface area contributed by atoms with Crippen LogP contribution in [-0.2, 0) is 4.79 Å². The quantitative estimate of drug-likeness (QED) is 0.780. The second-order valence-corrected chi connectivity index (χ2v) is 7.10. The lowest BCUT2D eigenvalue weighted by Crippen LogP contribution is -2.39. The molecule has 102 valence electrons. The van der Waals surface area contributed by atoms with Crippen molar-refractivity contribution in [1.29, 1.82) is 0 Å². The third-order valence-electron chi connectivity index (χ3n) is 2.95. The van der Waals surface area contributed by atoms with Crippen molar-refractivity contribution < 1.29 is 15.0 Å². The molecule has 0 rings (SSSR count). The van der Waals surface area contributed by atoms with Crippen LogP contribution in [0.15, 0.2) is 0 Å². The fraction of sp³-hybridized carbons (Fsp3) is 0.929. The van der Waals surface area contributed by atoms with E-state index in [9.17, 15) is 15.0 Å². The normalized spacial score (nSPS) is 16.7. The lowest BCUT2D eigenvalue weighted by molar-refractivity contribution is -0.139. The largest absolute Gasteiger partial charge is 0.396 e. The second-order valence-electron chi connectivity index (χ2n) is 7.10. The van der Waals surface area contributed by atoms with Gasteiger partial charge in [0.05, 0.1) is 0 Å². The Bertz CT molecular complexity index is 245. The van der Waals surface area contributed by atoms with Gasteiger partial charge in [-0.25, -0.2) is 0 Å². The van der Waals surface area contributed by atoms with E-state index in [0.717, 1.165) is 6.42 Å². The summed E-state index contributed by atoms with van der Waals surface area (Å²) in [6.07, 6.45) is 0.498. The van der Waals surface area contributed by atoms with Gasteiger partial charge < -0.3 is 10.2 Å². The van der Waals surface area contributed by atoms with Crippen molar-refractivity contribution in [1.82, 2.24) is 0 Å². The van der Waals surface area contributed by atoms with E-state index >= 15 is 0 Å². The van der Waals surface area contributed by atoms with E-state index in [1.54, 1.807) is 20.8 Å². The first-order chi connectivity index (χ1) is 7.49. The summed E-state index contributed by atoms with van der Waals surface area (Å²) in [7, 11) is 0. The third kappa shape index (κ3) is 6.18. The summed E-state index contributed by atoms with van der Waals surface area (Å²) in [6, 6.07) is 0. The predicted octanol–water partition coefficient (Wildman–Crippen LogP) is 2.40. The van der Waals surface area contributed by atoms with E-state index in [1.165, 1.54) is 0 Å². The molecule has 2 N–H and O–H groups in total. The molecule has 0 radical (unpaired) electrons. The highest BCUT2D eigenvalue weighted by Gasteiger charge is 2.33. The van der Waals surface area contributed by atoms with Crippen LogP contribution in [0.5, 0.6) is 0 Å². The number of hydrogen-bond acceptors (Lipinski definition) is 3. The summed E-state index contributed by atoms with van der Waals surface area (Å²) in [4.78, 5) is 11.9. The topological polar surface area (TPSA) is 57.5 Å². The highest BCUT2D eigenvalue weighted by atomic mass is 16.3. The Balaban J connectivity index is 4.52. The maximum Gasteiger partial charge on any atom is 0.166 e.